The van der Waals surface area contributed by atoms with Gasteiger partial charge in [0.05, 0.1) is 13.1 Å². The van der Waals surface area contributed by atoms with Crippen LogP contribution in [0.15, 0.2) is 13.6 Å². The van der Waals surface area contributed by atoms with Gasteiger partial charge in [-0.05, 0) is 70.2 Å². The first kappa shape index (κ1) is 16.5. The highest BCUT2D eigenvalue weighted by molar-refractivity contribution is 9.12. The van der Waals surface area contributed by atoms with Gasteiger partial charge in [0.15, 0.2) is 0 Å². The van der Waals surface area contributed by atoms with Crippen LogP contribution in [0.1, 0.15) is 43.0 Å². The van der Waals surface area contributed by atoms with Crippen molar-refractivity contribution in [3.63, 3.8) is 0 Å². The van der Waals surface area contributed by atoms with E-state index in [1.165, 1.54) is 24.2 Å². The average Bonchev–Trinajstić information content (AvgIpc) is 2.79. The molecule has 20 heavy (non-hydrogen) atoms. The van der Waals surface area contributed by atoms with Gasteiger partial charge in [0.1, 0.15) is 0 Å². The lowest BCUT2D eigenvalue weighted by Gasteiger charge is -2.39. The number of nitrogens with zero attached hydrogens (tertiary/aromatic N) is 1. The first-order chi connectivity index (χ1) is 9.58. The van der Waals surface area contributed by atoms with Gasteiger partial charge >= 0.3 is 0 Å². The molecule has 2 atom stereocenters. The molecule has 1 saturated carbocycles. The molecule has 2 rings (SSSR count). The molecule has 1 amide bonds. The molecule has 1 fully saturated rings. The van der Waals surface area contributed by atoms with E-state index >= 15 is 0 Å². The normalized spacial score (nSPS) is 22.8. The van der Waals surface area contributed by atoms with Crippen molar-refractivity contribution >= 4 is 49.1 Å². The van der Waals surface area contributed by atoms with Gasteiger partial charge in [-0.3, -0.25) is 4.79 Å². The minimum absolute atomic E-state index is 0.117. The Balaban J connectivity index is 2.22. The summed E-state index contributed by atoms with van der Waals surface area (Å²) < 4.78 is 1.87. The van der Waals surface area contributed by atoms with Crippen molar-refractivity contribution in [2.75, 3.05) is 13.1 Å². The number of carbonyl (C=O) groups excluding carboxylic acids is 1. The molecule has 0 bridgehead atoms. The Morgan fingerprint density at radius 3 is 2.70 bits per heavy atom. The zero-order valence-electron chi connectivity index (χ0n) is 11.6. The number of hydrogen-bond donors (Lipinski definition) is 1. The van der Waals surface area contributed by atoms with Crippen molar-refractivity contribution in [2.45, 2.75) is 38.6 Å². The van der Waals surface area contributed by atoms with E-state index in [9.17, 15) is 4.79 Å². The molecular weight excluding hydrogens is 404 g/mol. The summed E-state index contributed by atoms with van der Waals surface area (Å²) in [6, 6.07) is 2.19. The number of carbonyl (C=O) groups is 1. The van der Waals surface area contributed by atoms with E-state index in [-0.39, 0.29) is 11.9 Å². The Bertz CT molecular complexity index is 478. The molecular formula is C14H20Br2N2OS. The number of nitrogens with two attached hydrogens (primary N) is 1. The highest BCUT2D eigenvalue weighted by Crippen LogP contribution is 2.35. The molecule has 0 aliphatic heterocycles. The standard InChI is InChI=1S/C14H20Br2N2OS/c1-2-18(11-6-4-3-5-9(11)8-17)14(19)10-7-12(15)20-13(10)16/h7,9,11H,2-6,8,17H2,1H3. The SMILES string of the molecule is CCN(C(=O)c1cc(Br)sc1Br)C1CCCCC1CN. The summed E-state index contributed by atoms with van der Waals surface area (Å²) in [5, 5.41) is 0. The van der Waals surface area contributed by atoms with E-state index in [0.29, 0.717) is 12.5 Å². The Labute approximate surface area is 141 Å². The monoisotopic (exact) mass is 422 g/mol. The summed E-state index contributed by atoms with van der Waals surface area (Å²) in [6.45, 7) is 3.46. The maximum Gasteiger partial charge on any atom is 0.256 e. The van der Waals surface area contributed by atoms with Gasteiger partial charge in [0.2, 0.25) is 0 Å². The molecule has 0 radical (unpaired) electrons. The molecule has 112 valence electrons. The largest absolute Gasteiger partial charge is 0.336 e. The van der Waals surface area contributed by atoms with Crippen LogP contribution in [0.5, 0.6) is 0 Å². The highest BCUT2D eigenvalue weighted by Gasteiger charge is 2.32. The molecule has 1 aromatic heterocycles. The van der Waals surface area contributed by atoms with Gasteiger partial charge in [-0.15, -0.1) is 11.3 Å². The van der Waals surface area contributed by atoms with Gasteiger partial charge < -0.3 is 10.6 Å². The molecule has 1 aliphatic rings. The van der Waals surface area contributed by atoms with E-state index in [2.05, 4.69) is 38.8 Å². The molecule has 0 spiro atoms. The summed E-state index contributed by atoms with van der Waals surface area (Å²) in [5.41, 5.74) is 6.66. The van der Waals surface area contributed by atoms with Crippen molar-refractivity contribution in [3.8, 4) is 0 Å². The van der Waals surface area contributed by atoms with Crippen LogP contribution < -0.4 is 5.73 Å². The third kappa shape index (κ3) is 3.46. The molecule has 1 heterocycles. The lowest BCUT2D eigenvalue weighted by atomic mass is 9.83. The fourth-order valence-corrected chi connectivity index (χ4v) is 5.82. The maximum absolute atomic E-state index is 12.8. The van der Waals surface area contributed by atoms with Crippen LogP contribution in [0.2, 0.25) is 0 Å². The van der Waals surface area contributed by atoms with Gasteiger partial charge in [0.25, 0.3) is 5.91 Å². The first-order valence-electron chi connectivity index (χ1n) is 7.04. The van der Waals surface area contributed by atoms with Crippen molar-refractivity contribution in [1.29, 1.82) is 0 Å². The number of thiophene rings is 1. The smallest absolute Gasteiger partial charge is 0.256 e. The molecule has 2 unspecified atom stereocenters. The predicted molar refractivity (Wildman–Crippen MR) is 91.2 cm³/mol. The van der Waals surface area contributed by atoms with Gasteiger partial charge in [-0.1, -0.05) is 12.8 Å². The summed E-state index contributed by atoms with van der Waals surface area (Å²) in [4.78, 5) is 14.8. The Morgan fingerprint density at radius 2 is 2.15 bits per heavy atom. The van der Waals surface area contributed by atoms with Crippen molar-refractivity contribution in [1.82, 2.24) is 4.90 Å². The summed E-state index contributed by atoms with van der Waals surface area (Å²) in [5.74, 6) is 0.556. The van der Waals surface area contributed by atoms with Crippen molar-refractivity contribution in [2.24, 2.45) is 11.7 Å². The fourth-order valence-electron chi connectivity index (χ4n) is 3.04. The summed E-state index contributed by atoms with van der Waals surface area (Å²) in [6.07, 6.45) is 4.64. The molecule has 3 nitrogen and oxygen atoms in total. The molecule has 1 aliphatic carbocycles. The van der Waals surface area contributed by atoms with E-state index < -0.39 is 0 Å². The van der Waals surface area contributed by atoms with E-state index in [1.807, 2.05) is 11.0 Å². The second-order valence-corrected chi connectivity index (χ2v) is 8.93. The lowest BCUT2D eigenvalue weighted by molar-refractivity contribution is 0.0560. The maximum atomic E-state index is 12.8. The fraction of sp³-hybridized carbons (Fsp3) is 0.643. The van der Waals surface area contributed by atoms with E-state index in [0.717, 1.165) is 32.5 Å². The highest BCUT2D eigenvalue weighted by atomic mass is 79.9. The first-order valence-corrected chi connectivity index (χ1v) is 9.44. The Hall–Kier alpha value is 0.0900. The zero-order valence-corrected chi connectivity index (χ0v) is 15.6. The van der Waals surface area contributed by atoms with Crippen LogP contribution in [0.3, 0.4) is 0 Å². The topological polar surface area (TPSA) is 46.3 Å². The zero-order chi connectivity index (χ0) is 14.7. The Kier molecular flexibility index (Phi) is 6.08. The molecule has 2 N–H and O–H groups in total. The van der Waals surface area contributed by atoms with E-state index in [4.69, 9.17) is 5.73 Å². The van der Waals surface area contributed by atoms with E-state index in [1.54, 1.807) is 0 Å². The lowest BCUT2D eigenvalue weighted by Crippen LogP contribution is -2.48. The third-order valence-electron chi connectivity index (χ3n) is 4.06. The predicted octanol–water partition coefficient (Wildman–Crippen LogP) is 4.25. The second kappa shape index (κ2) is 7.38. The van der Waals surface area contributed by atoms with Crippen LogP contribution in [-0.2, 0) is 0 Å². The minimum Gasteiger partial charge on any atom is -0.336 e. The van der Waals surface area contributed by atoms with Gasteiger partial charge in [0, 0.05) is 12.6 Å². The molecule has 0 aromatic carbocycles. The van der Waals surface area contributed by atoms with Crippen molar-refractivity contribution in [3.05, 3.63) is 19.2 Å². The average molecular weight is 424 g/mol. The summed E-state index contributed by atoms with van der Waals surface area (Å²) in [7, 11) is 0. The van der Waals surface area contributed by atoms with Crippen molar-refractivity contribution < 1.29 is 4.79 Å². The number of rotatable bonds is 4. The van der Waals surface area contributed by atoms with Crippen LogP contribution in [-0.4, -0.2) is 29.9 Å². The van der Waals surface area contributed by atoms with Crippen LogP contribution in [0.25, 0.3) is 0 Å². The molecule has 1 aromatic rings. The molecule has 6 heteroatoms. The number of hydrogen-bond acceptors (Lipinski definition) is 3. The van der Waals surface area contributed by atoms with Crippen LogP contribution in [0, 0.1) is 5.92 Å². The minimum atomic E-state index is 0.117. The number of halogens is 2. The number of amides is 1. The van der Waals surface area contributed by atoms with Crippen LogP contribution in [0.4, 0.5) is 0 Å². The molecule has 0 saturated heterocycles. The summed E-state index contributed by atoms with van der Waals surface area (Å²) >= 11 is 8.47. The quantitative estimate of drug-likeness (QED) is 0.786. The van der Waals surface area contributed by atoms with Crippen LogP contribution >= 0.6 is 43.2 Å². The second-order valence-electron chi connectivity index (χ2n) is 5.18. The third-order valence-corrected chi connectivity index (χ3v) is 6.40. The Morgan fingerprint density at radius 1 is 1.45 bits per heavy atom. The van der Waals surface area contributed by atoms with Gasteiger partial charge in [-0.2, -0.15) is 0 Å². The van der Waals surface area contributed by atoms with Gasteiger partial charge in [-0.25, -0.2) is 0 Å².